The van der Waals surface area contributed by atoms with Crippen molar-refractivity contribution in [3.63, 3.8) is 0 Å². The average Bonchev–Trinajstić information content (AvgIpc) is 2.64. The van der Waals surface area contributed by atoms with Gasteiger partial charge in [-0.05, 0) is 43.0 Å². The summed E-state index contributed by atoms with van der Waals surface area (Å²) in [5, 5.41) is 15.1. The van der Waals surface area contributed by atoms with Gasteiger partial charge in [-0.1, -0.05) is 41.9 Å². The lowest BCUT2D eigenvalue weighted by Gasteiger charge is -2.07. The van der Waals surface area contributed by atoms with Crippen LogP contribution in [0.5, 0.6) is 0 Å². The molecule has 0 spiro atoms. The molecule has 4 N–H and O–H groups in total. The third-order valence-electron chi connectivity index (χ3n) is 3.73. The van der Waals surface area contributed by atoms with E-state index in [0.717, 1.165) is 19.3 Å². The molecule has 0 radical (unpaired) electrons. The molecule has 0 aliphatic carbocycles. The number of benzene rings is 2. The molecule has 0 saturated heterocycles. The van der Waals surface area contributed by atoms with Crippen LogP contribution in [0.3, 0.4) is 0 Å². The molecule has 26 heavy (non-hydrogen) atoms. The summed E-state index contributed by atoms with van der Waals surface area (Å²) in [6, 6.07) is 16.9. The second kappa shape index (κ2) is 10.1. The molecule has 2 aromatic rings. The molecule has 2 rings (SSSR count). The number of carbonyl (C=O) groups excluding carboxylic acids is 1. The van der Waals surface area contributed by atoms with E-state index in [1.807, 2.05) is 24.3 Å². The average molecular weight is 369 g/mol. The summed E-state index contributed by atoms with van der Waals surface area (Å²) in [7, 11) is 0. The summed E-state index contributed by atoms with van der Waals surface area (Å²) in [5.41, 5.74) is 7.82. The van der Waals surface area contributed by atoms with Gasteiger partial charge in [-0.25, -0.2) is 0 Å². The normalized spacial score (nSPS) is 10.8. The summed E-state index contributed by atoms with van der Waals surface area (Å²) in [6.07, 6.45) is 4.41. The number of nitrogens with two attached hydrogens (primary N) is 1. The zero-order chi connectivity index (χ0) is 18.8. The van der Waals surface area contributed by atoms with Gasteiger partial charge in [0.2, 0.25) is 0 Å². The first-order chi connectivity index (χ1) is 12.6. The molecule has 0 aliphatic heterocycles. The van der Waals surface area contributed by atoms with Crippen LogP contribution in [0, 0.1) is 11.3 Å². The molecule has 134 valence electrons. The zero-order valence-electron chi connectivity index (χ0n) is 14.3. The predicted molar refractivity (Wildman–Crippen MR) is 106 cm³/mol. The first-order valence-electron chi connectivity index (χ1n) is 8.34. The SMILES string of the molecule is N#C/C(=C/NCCCCc1ccccc1)C(=O)Nc1ccc(N)cc1Cl. The molecular weight excluding hydrogens is 348 g/mol. The van der Waals surface area contributed by atoms with Crippen molar-refractivity contribution < 1.29 is 4.79 Å². The minimum atomic E-state index is -0.518. The van der Waals surface area contributed by atoms with Crippen molar-refractivity contribution >= 4 is 28.9 Å². The Balaban J connectivity index is 1.78. The lowest BCUT2D eigenvalue weighted by Crippen LogP contribution is -2.17. The third kappa shape index (κ3) is 6.15. The second-order valence-electron chi connectivity index (χ2n) is 5.76. The lowest BCUT2D eigenvalue weighted by atomic mass is 10.1. The van der Waals surface area contributed by atoms with E-state index in [1.54, 1.807) is 12.1 Å². The quantitative estimate of drug-likeness (QED) is 0.285. The van der Waals surface area contributed by atoms with E-state index in [2.05, 4.69) is 22.8 Å². The van der Waals surface area contributed by atoms with Gasteiger partial charge >= 0.3 is 0 Å². The van der Waals surface area contributed by atoms with Gasteiger partial charge in [0.1, 0.15) is 11.6 Å². The molecule has 0 aliphatic rings. The van der Waals surface area contributed by atoms with Gasteiger partial charge in [-0.2, -0.15) is 5.26 Å². The fraction of sp³-hybridized carbons (Fsp3) is 0.200. The molecule has 0 unspecified atom stereocenters. The number of aryl methyl sites for hydroxylation is 1. The summed E-state index contributed by atoms with van der Waals surface area (Å²) >= 11 is 6.02. The lowest BCUT2D eigenvalue weighted by molar-refractivity contribution is -0.112. The number of halogens is 1. The standard InChI is InChI=1S/C20H21ClN4O/c21-18-12-17(23)9-10-19(18)25-20(26)16(13-22)14-24-11-5-4-8-15-6-2-1-3-7-15/h1-3,6-7,9-10,12,14,24H,4-5,8,11,23H2,(H,25,26)/b16-14-. The number of nitrogens with one attached hydrogen (secondary N) is 2. The van der Waals surface area contributed by atoms with Gasteiger partial charge in [-0.15, -0.1) is 0 Å². The van der Waals surface area contributed by atoms with Crippen LogP contribution in [0.4, 0.5) is 11.4 Å². The Labute approximate surface area is 158 Å². The van der Waals surface area contributed by atoms with Crippen LogP contribution in [0.15, 0.2) is 60.3 Å². The van der Waals surface area contributed by atoms with Gasteiger partial charge in [0, 0.05) is 18.4 Å². The number of nitriles is 1. The molecule has 6 heteroatoms. The van der Waals surface area contributed by atoms with Gasteiger partial charge in [0.05, 0.1) is 10.7 Å². The first kappa shape index (κ1) is 19.4. The maximum atomic E-state index is 12.2. The van der Waals surface area contributed by atoms with Crippen LogP contribution in [-0.4, -0.2) is 12.5 Å². The molecule has 0 bridgehead atoms. The van der Waals surface area contributed by atoms with Crippen molar-refractivity contribution in [2.24, 2.45) is 0 Å². The van der Waals surface area contributed by atoms with Crippen molar-refractivity contribution in [1.29, 1.82) is 5.26 Å². The topological polar surface area (TPSA) is 90.9 Å². The summed E-state index contributed by atoms with van der Waals surface area (Å²) in [6.45, 7) is 0.688. The molecule has 0 heterocycles. The van der Waals surface area contributed by atoms with E-state index in [9.17, 15) is 4.79 Å². The molecule has 1 amide bonds. The number of rotatable bonds is 8. The molecule has 2 aromatic carbocycles. The monoisotopic (exact) mass is 368 g/mol. The number of nitrogen functional groups attached to an aromatic ring is 1. The first-order valence-corrected chi connectivity index (χ1v) is 8.72. The fourth-order valence-electron chi connectivity index (χ4n) is 2.35. The van der Waals surface area contributed by atoms with Crippen molar-refractivity contribution in [1.82, 2.24) is 5.32 Å². The van der Waals surface area contributed by atoms with Crippen LogP contribution >= 0.6 is 11.6 Å². The van der Waals surface area contributed by atoms with Crippen LogP contribution in [0.25, 0.3) is 0 Å². The van der Waals surface area contributed by atoms with E-state index in [-0.39, 0.29) is 5.57 Å². The van der Waals surface area contributed by atoms with E-state index in [0.29, 0.717) is 22.9 Å². The Morgan fingerprint density at radius 3 is 2.65 bits per heavy atom. The van der Waals surface area contributed by atoms with Crippen molar-refractivity contribution in [3.8, 4) is 6.07 Å². The summed E-state index contributed by atoms with van der Waals surface area (Å²) < 4.78 is 0. The highest BCUT2D eigenvalue weighted by Gasteiger charge is 2.11. The molecular formula is C20H21ClN4O. The second-order valence-corrected chi connectivity index (χ2v) is 6.17. The van der Waals surface area contributed by atoms with Gasteiger partial charge in [0.15, 0.2) is 0 Å². The number of anilines is 2. The summed E-state index contributed by atoms with van der Waals surface area (Å²) in [4.78, 5) is 12.2. The third-order valence-corrected chi connectivity index (χ3v) is 4.04. The molecule has 0 aromatic heterocycles. The molecule has 0 atom stereocenters. The predicted octanol–water partition coefficient (Wildman–Crippen LogP) is 3.88. The number of hydrogen-bond donors (Lipinski definition) is 3. The Kier molecular flexibility index (Phi) is 7.53. The van der Waals surface area contributed by atoms with Crippen LogP contribution in [-0.2, 0) is 11.2 Å². The van der Waals surface area contributed by atoms with E-state index >= 15 is 0 Å². The van der Waals surface area contributed by atoms with Crippen molar-refractivity contribution in [2.75, 3.05) is 17.6 Å². The van der Waals surface area contributed by atoms with Gasteiger partial charge in [0.25, 0.3) is 5.91 Å². The van der Waals surface area contributed by atoms with Crippen LogP contribution < -0.4 is 16.4 Å². The number of amides is 1. The van der Waals surface area contributed by atoms with E-state index < -0.39 is 5.91 Å². The van der Waals surface area contributed by atoms with E-state index in [1.165, 1.54) is 17.8 Å². The zero-order valence-corrected chi connectivity index (χ0v) is 15.1. The summed E-state index contributed by atoms with van der Waals surface area (Å²) in [5.74, 6) is -0.518. The molecule has 5 nitrogen and oxygen atoms in total. The Hall–Kier alpha value is -2.97. The number of hydrogen-bond acceptors (Lipinski definition) is 4. The minimum absolute atomic E-state index is 0.0130. The Bertz CT molecular complexity index is 812. The minimum Gasteiger partial charge on any atom is -0.399 e. The highest BCUT2D eigenvalue weighted by molar-refractivity contribution is 6.34. The maximum absolute atomic E-state index is 12.2. The number of unbranched alkanes of at least 4 members (excludes halogenated alkanes) is 1. The highest BCUT2D eigenvalue weighted by Crippen LogP contribution is 2.24. The Morgan fingerprint density at radius 2 is 1.96 bits per heavy atom. The van der Waals surface area contributed by atoms with Crippen molar-refractivity contribution in [2.45, 2.75) is 19.3 Å². The largest absolute Gasteiger partial charge is 0.399 e. The Morgan fingerprint density at radius 1 is 1.19 bits per heavy atom. The van der Waals surface area contributed by atoms with Gasteiger partial charge in [-0.3, -0.25) is 4.79 Å². The van der Waals surface area contributed by atoms with E-state index in [4.69, 9.17) is 22.6 Å². The number of carbonyl (C=O) groups is 1. The molecule has 0 saturated carbocycles. The van der Waals surface area contributed by atoms with Crippen LogP contribution in [0.1, 0.15) is 18.4 Å². The molecule has 0 fully saturated rings. The smallest absolute Gasteiger partial charge is 0.267 e. The maximum Gasteiger partial charge on any atom is 0.267 e. The highest BCUT2D eigenvalue weighted by atomic mass is 35.5. The van der Waals surface area contributed by atoms with Crippen molar-refractivity contribution in [3.05, 3.63) is 70.9 Å². The van der Waals surface area contributed by atoms with Crippen LogP contribution in [0.2, 0.25) is 5.02 Å². The van der Waals surface area contributed by atoms with Gasteiger partial charge < -0.3 is 16.4 Å². The fourth-order valence-corrected chi connectivity index (χ4v) is 2.58. The number of nitrogens with zero attached hydrogens (tertiary/aromatic N) is 1.